The predicted octanol–water partition coefficient (Wildman–Crippen LogP) is 5.14. The van der Waals surface area contributed by atoms with Gasteiger partial charge in [0.1, 0.15) is 5.78 Å². The van der Waals surface area contributed by atoms with Crippen molar-refractivity contribution in [2.75, 3.05) is 0 Å². The number of nitro benzene ring substituents is 1. The van der Waals surface area contributed by atoms with Crippen LogP contribution in [0.4, 0.5) is 5.69 Å². The van der Waals surface area contributed by atoms with Gasteiger partial charge >= 0.3 is 7.82 Å². The van der Waals surface area contributed by atoms with Crippen LogP contribution in [0.15, 0.2) is 18.2 Å². The van der Waals surface area contributed by atoms with E-state index in [0.717, 1.165) is 12.0 Å². The number of rotatable bonds is 12. The molecule has 0 bridgehead atoms. The van der Waals surface area contributed by atoms with Gasteiger partial charge in [0, 0.05) is 18.9 Å². The summed E-state index contributed by atoms with van der Waals surface area (Å²) >= 11 is 0. The maximum absolute atomic E-state index is 12.0. The molecule has 1 aromatic carbocycles. The van der Waals surface area contributed by atoms with Crippen LogP contribution in [0.3, 0.4) is 0 Å². The molecule has 0 heterocycles. The van der Waals surface area contributed by atoms with Gasteiger partial charge in [-0.05, 0) is 51.2 Å². The summed E-state index contributed by atoms with van der Waals surface area (Å²) in [5, 5.41) is 11.3. The van der Waals surface area contributed by atoms with Crippen LogP contribution in [0, 0.1) is 16.0 Å². The SMILES string of the molecule is CC(C)CCC(=O)CCc1ccc([N+](=O)[O-])c(C(C)OP(=O)(O)OC(C)C)c1. The van der Waals surface area contributed by atoms with Gasteiger partial charge in [-0.1, -0.05) is 19.9 Å². The number of carbonyl (C=O) groups is 1. The van der Waals surface area contributed by atoms with Crippen LogP contribution in [0.1, 0.15) is 71.1 Å². The summed E-state index contributed by atoms with van der Waals surface area (Å²) in [6.45, 7) is 8.72. The standard InChI is InChI=1S/C19H30NO7P/c1-13(2)6-9-17(21)10-7-16-8-11-19(20(22)23)18(12-16)15(5)27-28(24,25)26-14(3)4/h8,11-15H,6-7,9-10H2,1-5H3,(H,24,25). The van der Waals surface area contributed by atoms with Crippen LogP contribution in [0.25, 0.3) is 0 Å². The zero-order valence-corrected chi connectivity index (χ0v) is 18.0. The third-order valence-electron chi connectivity index (χ3n) is 4.05. The molecule has 0 saturated heterocycles. The van der Waals surface area contributed by atoms with Crippen molar-refractivity contribution in [2.24, 2.45) is 5.92 Å². The fraction of sp³-hybridized carbons (Fsp3) is 0.632. The van der Waals surface area contributed by atoms with Crippen LogP contribution in [-0.2, 0) is 24.8 Å². The molecule has 2 atom stereocenters. The Bertz CT molecular complexity index is 733. The molecule has 0 aliphatic heterocycles. The van der Waals surface area contributed by atoms with Crippen molar-refractivity contribution in [3.05, 3.63) is 39.4 Å². The summed E-state index contributed by atoms with van der Waals surface area (Å²) in [6.07, 6.45) is 0.545. The third kappa shape index (κ3) is 8.61. The summed E-state index contributed by atoms with van der Waals surface area (Å²) in [5.41, 5.74) is 0.678. The number of Topliss-reactive ketones (excluding diaryl/α,β-unsaturated/α-hetero) is 1. The molecule has 0 aromatic heterocycles. The van der Waals surface area contributed by atoms with E-state index in [-0.39, 0.29) is 17.0 Å². The zero-order chi connectivity index (χ0) is 21.5. The van der Waals surface area contributed by atoms with E-state index in [0.29, 0.717) is 25.2 Å². The number of nitro groups is 1. The lowest BCUT2D eigenvalue weighted by atomic mass is 9.98. The summed E-state index contributed by atoms with van der Waals surface area (Å²) in [6, 6.07) is 4.47. The van der Waals surface area contributed by atoms with Crippen molar-refractivity contribution >= 4 is 19.3 Å². The minimum Gasteiger partial charge on any atom is -0.302 e. The van der Waals surface area contributed by atoms with E-state index in [9.17, 15) is 24.4 Å². The van der Waals surface area contributed by atoms with Gasteiger partial charge in [0.25, 0.3) is 5.69 Å². The van der Waals surface area contributed by atoms with Crippen LogP contribution in [-0.4, -0.2) is 21.7 Å². The lowest BCUT2D eigenvalue weighted by molar-refractivity contribution is -0.386. The van der Waals surface area contributed by atoms with E-state index < -0.39 is 25.0 Å². The second kappa shape index (κ2) is 10.8. The van der Waals surface area contributed by atoms with Gasteiger partial charge in [0.2, 0.25) is 0 Å². The number of ketones is 1. The molecule has 9 heteroatoms. The Balaban J connectivity index is 2.94. The van der Waals surface area contributed by atoms with Gasteiger partial charge < -0.3 is 4.89 Å². The second-order valence-electron chi connectivity index (χ2n) is 7.49. The smallest absolute Gasteiger partial charge is 0.302 e. The highest BCUT2D eigenvalue weighted by atomic mass is 31.2. The Kier molecular flexibility index (Phi) is 9.44. The van der Waals surface area contributed by atoms with E-state index in [1.165, 1.54) is 13.0 Å². The van der Waals surface area contributed by atoms with Crippen LogP contribution in [0.2, 0.25) is 0 Å². The molecule has 158 valence electrons. The third-order valence-corrected chi connectivity index (χ3v) is 5.33. The minimum atomic E-state index is -4.36. The van der Waals surface area contributed by atoms with Crippen molar-refractivity contribution in [3.63, 3.8) is 0 Å². The van der Waals surface area contributed by atoms with Crippen molar-refractivity contribution in [1.29, 1.82) is 0 Å². The number of nitrogens with zero attached hydrogens (tertiary/aromatic N) is 1. The van der Waals surface area contributed by atoms with Crippen LogP contribution in [0.5, 0.6) is 0 Å². The molecule has 28 heavy (non-hydrogen) atoms. The highest BCUT2D eigenvalue weighted by Gasteiger charge is 2.30. The highest BCUT2D eigenvalue weighted by Crippen LogP contribution is 2.49. The van der Waals surface area contributed by atoms with Gasteiger partial charge in [-0.25, -0.2) is 4.57 Å². The maximum atomic E-state index is 12.0. The average molecular weight is 415 g/mol. The fourth-order valence-electron chi connectivity index (χ4n) is 2.66. The normalized spacial score (nSPS) is 14.9. The maximum Gasteiger partial charge on any atom is 0.473 e. The Hall–Kier alpha value is -1.60. The monoisotopic (exact) mass is 415 g/mol. The number of hydrogen-bond acceptors (Lipinski definition) is 6. The molecular weight excluding hydrogens is 385 g/mol. The predicted molar refractivity (Wildman–Crippen MR) is 106 cm³/mol. The van der Waals surface area contributed by atoms with Crippen LogP contribution < -0.4 is 0 Å². The first kappa shape index (κ1) is 24.4. The number of carbonyl (C=O) groups excluding carboxylic acids is 1. The lowest BCUT2D eigenvalue weighted by Gasteiger charge is -2.19. The fourth-order valence-corrected chi connectivity index (χ4v) is 3.75. The summed E-state index contributed by atoms with van der Waals surface area (Å²) in [4.78, 5) is 32.5. The molecule has 2 unspecified atom stereocenters. The molecule has 1 aromatic rings. The molecule has 1 rings (SSSR count). The van der Waals surface area contributed by atoms with Crippen molar-refractivity contribution in [1.82, 2.24) is 0 Å². The van der Waals surface area contributed by atoms with Gasteiger partial charge in [0.15, 0.2) is 0 Å². The molecule has 0 radical (unpaired) electrons. The molecule has 0 aliphatic carbocycles. The van der Waals surface area contributed by atoms with Crippen molar-refractivity contribution in [3.8, 4) is 0 Å². The first-order valence-electron chi connectivity index (χ1n) is 9.39. The van der Waals surface area contributed by atoms with E-state index in [1.54, 1.807) is 26.0 Å². The van der Waals surface area contributed by atoms with Crippen molar-refractivity contribution in [2.45, 2.75) is 72.5 Å². The van der Waals surface area contributed by atoms with Gasteiger partial charge in [0.05, 0.1) is 22.7 Å². The number of benzene rings is 1. The zero-order valence-electron chi connectivity index (χ0n) is 17.1. The topological polar surface area (TPSA) is 116 Å². The quantitative estimate of drug-likeness (QED) is 0.285. The number of phosphoric acid groups is 1. The molecule has 0 saturated carbocycles. The van der Waals surface area contributed by atoms with Gasteiger partial charge in [-0.15, -0.1) is 0 Å². The van der Waals surface area contributed by atoms with E-state index in [2.05, 4.69) is 13.8 Å². The largest absolute Gasteiger partial charge is 0.473 e. The van der Waals surface area contributed by atoms with Crippen LogP contribution >= 0.6 is 7.82 Å². The summed E-state index contributed by atoms with van der Waals surface area (Å²) in [5.74, 6) is 0.596. The molecular formula is C19H30NO7P. The molecule has 1 N–H and O–H groups in total. The number of aryl methyl sites for hydroxylation is 1. The van der Waals surface area contributed by atoms with Crippen molar-refractivity contribution < 1.29 is 28.2 Å². The summed E-state index contributed by atoms with van der Waals surface area (Å²) < 4.78 is 22.0. The van der Waals surface area contributed by atoms with E-state index in [1.807, 2.05) is 0 Å². The molecule has 0 aliphatic rings. The lowest BCUT2D eigenvalue weighted by Crippen LogP contribution is -2.08. The van der Waals surface area contributed by atoms with Gasteiger partial charge in [-0.2, -0.15) is 0 Å². The van der Waals surface area contributed by atoms with E-state index >= 15 is 0 Å². The Morgan fingerprint density at radius 2 is 1.82 bits per heavy atom. The van der Waals surface area contributed by atoms with E-state index in [4.69, 9.17) is 9.05 Å². The Labute approximate surface area is 166 Å². The molecule has 0 fully saturated rings. The minimum absolute atomic E-state index is 0.142. The number of phosphoric ester groups is 1. The molecule has 0 spiro atoms. The first-order chi connectivity index (χ1) is 12.9. The first-order valence-corrected chi connectivity index (χ1v) is 10.9. The second-order valence-corrected chi connectivity index (χ2v) is 8.85. The highest BCUT2D eigenvalue weighted by molar-refractivity contribution is 7.47. The summed E-state index contributed by atoms with van der Waals surface area (Å²) in [7, 11) is -4.36. The molecule has 0 amide bonds. The Morgan fingerprint density at radius 3 is 2.36 bits per heavy atom. The Morgan fingerprint density at radius 1 is 1.18 bits per heavy atom. The average Bonchev–Trinajstić information content (AvgIpc) is 2.55. The molecule has 8 nitrogen and oxygen atoms in total. The number of hydrogen-bond donors (Lipinski definition) is 1. The van der Waals surface area contributed by atoms with Gasteiger partial charge in [-0.3, -0.25) is 24.0 Å².